The van der Waals surface area contributed by atoms with Crippen LogP contribution in [0.2, 0.25) is 0 Å². The van der Waals surface area contributed by atoms with Crippen LogP contribution < -0.4 is 4.74 Å². The van der Waals surface area contributed by atoms with Crippen molar-refractivity contribution in [3.63, 3.8) is 0 Å². The van der Waals surface area contributed by atoms with Crippen molar-refractivity contribution in [1.29, 1.82) is 0 Å². The minimum absolute atomic E-state index is 0.0403. The van der Waals surface area contributed by atoms with E-state index in [1.54, 1.807) is 24.3 Å². The molecule has 0 aliphatic carbocycles. The molecule has 1 fully saturated rings. The fourth-order valence-electron chi connectivity index (χ4n) is 5.13. The van der Waals surface area contributed by atoms with Crippen LogP contribution in [0, 0.1) is 35.0 Å². The van der Waals surface area contributed by atoms with Gasteiger partial charge in [-0.3, -0.25) is 0 Å². The van der Waals surface area contributed by atoms with Gasteiger partial charge in [0.1, 0.15) is 6.61 Å². The van der Waals surface area contributed by atoms with Crippen LogP contribution in [0.5, 0.6) is 5.75 Å². The Labute approximate surface area is 230 Å². The first kappa shape index (κ1) is 27.8. The summed E-state index contributed by atoms with van der Waals surface area (Å²) in [5.41, 5.74) is 3.32. The quantitative estimate of drug-likeness (QED) is 0.160. The van der Waals surface area contributed by atoms with Gasteiger partial charge in [-0.15, -0.1) is 0 Å². The molecule has 2 unspecified atom stereocenters. The highest BCUT2D eigenvalue weighted by Crippen LogP contribution is 2.35. The molecule has 0 saturated carbocycles. The van der Waals surface area contributed by atoms with Crippen LogP contribution in [0.1, 0.15) is 49.8 Å². The summed E-state index contributed by atoms with van der Waals surface area (Å²) in [5, 5.41) is 0. The van der Waals surface area contributed by atoms with Crippen LogP contribution in [0.15, 0.2) is 72.8 Å². The minimum Gasteiger partial charge on any atom is -0.483 e. The van der Waals surface area contributed by atoms with E-state index in [4.69, 9.17) is 9.47 Å². The molecule has 0 radical (unpaired) electrons. The smallest absolute Gasteiger partial charge is 0.194 e. The fraction of sp³-hybridized carbons (Fsp3) is 0.273. The van der Waals surface area contributed by atoms with Crippen molar-refractivity contribution in [3.05, 3.63) is 113 Å². The lowest BCUT2D eigenvalue weighted by Crippen LogP contribution is -2.20. The average Bonchev–Trinajstić information content (AvgIpc) is 2.96. The van der Waals surface area contributed by atoms with Gasteiger partial charge in [-0.2, -0.15) is 0 Å². The Morgan fingerprint density at radius 2 is 1.25 bits per heavy atom. The van der Waals surface area contributed by atoms with Crippen LogP contribution >= 0.6 is 0 Å². The third-order valence-electron chi connectivity index (χ3n) is 7.34. The molecule has 2 atom stereocenters. The Bertz CT molecular complexity index is 1410. The van der Waals surface area contributed by atoms with Gasteiger partial charge in [0.2, 0.25) is 0 Å². The highest BCUT2D eigenvalue weighted by atomic mass is 19.2. The Morgan fingerprint density at radius 1 is 0.700 bits per heavy atom. The zero-order valence-electron chi connectivity index (χ0n) is 22.0. The second-order valence-corrected chi connectivity index (χ2v) is 10.2. The predicted octanol–water partition coefficient (Wildman–Crippen LogP) is 9.56. The van der Waals surface area contributed by atoms with Gasteiger partial charge in [0.25, 0.3) is 0 Å². The SMILES string of the molecule is CCCC1CCC(c2ccc(-c3cc(F)c(OCc4ccc(-c5cc(F)c(F)c(F)c5)cc4)c(F)c3)cc2)OC1. The molecule has 1 saturated heterocycles. The summed E-state index contributed by atoms with van der Waals surface area (Å²) in [4.78, 5) is 0. The molecule has 4 aromatic carbocycles. The van der Waals surface area contributed by atoms with Gasteiger partial charge in [0, 0.05) is 0 Å². The molecule has 208 valence electrons. The number of hydrogen-bond donors (Lipinski definition) is 0. The van der Waals surface area contributed by atoms with Crippen molar-refractivity contribution < 1.29 is 31.4 Å². The van der Waals surface area contributed by atoms with E-state index in [1.807, 2.05) is 24.3 Å². The van der Waals surface area contributed by atoms with Crippen molar-refractivity contribution in [2.24, 2.45) is 5.92 Å². The van der Waals surface area contributed by atoms with E-state index in [0.29, 0.717) is 28.2 Å². The average molecular weight is 553 g/mol. The highest BCUT2D eigenvalue weighted by Gasteiger charge is 2.22. The summed E-state index contributed by atoms with van der Waals surface area (Å²) in [6.07, 6.45) is 4.47. The van der Waals surface area contributed by atoms with Crippen LogP contribution in [0.25, 0.3) is 22.3 Å². The van der Waals surface area contributed by atoms with Gasteiger partial charge in [-0.1, -0.05) is 61.9 Å². The zero-order chi connectivity index (χ0) is 28.2. The third kappa shape index (κ3) is 6.20. The lowest BCUT2D eigenvalue weighted by atomic mass is 9.91. The lowest BCUT2D eigenvalue weighted by molar-refractivity contribution is -0.0194. The first-order valence-electron chi connectivity index (χ1n) is 13.4. The highest BCUT2D eigenvalue weighted by molar-refractivity contribution is 5.65. The molecule has 1 heterocycles. The van der Waals surface area contributed by atoms with E-state index in [2.05, 4.69) is 6.92 Å². The maximum absolute atomic E-state index is 14.9. The topological polar surface area (TPSA) is 18.5 Å². The first-order chi connectivity index (χ1) is 19.3. The lowest BCUT2D eigenvalue weighted by Gasteiger charge is -2.29. The molecule has 1 aliphatic heterocycles. The molecule has 0 amide bonds. The standard InChI is InChI=1S/C33H29F5O2/c1-2-3-20-6-13-31(39-18-20)24-11-9-23(10-12-24)26-16-29(36)33(30(37)17-26)40-19-21-4-7-22(8-5-21)25-14-27(34)32(38)28(35)15-25/h4-5,7-12,14-17,20,31H,2-3,6,13,18-19H2,1H3. The van der Waals surface area contributed by atoms with Gasteiger partial charge in [-0.25, -0.2) is 22.0 Å². The molecule has 2 nitrogen and oxygen atoms in total. The van der Waals surface area contributed by atoms with Crippen molar-refractivity contribution in [2.45, 2.75) is 45.3 Å². The van der Waals surface area contributed by atoms with E-state index < -0.39 is 34.8 Å². The van der Waals surface area contributed by atoms with Gasteiger partial charge < -0.3 is 9.47 Å². The van der Waals surface area contributed by atoms with Crippen molar-refractivity contribution >= 4 is 0 Å². The summed E-state index contributed by atoms with van der Waals surface area (Å²) >= 11 is 0. The molecular formula is C33H29F5O2. The summed E-state index contributed by atoms with van der Waals surface area (Å²) in [6, 6.07) is 18.2. The van der Waals surface area contributed by atoms with Gasteiger partial charge in [0.15, 0.2) is 34.8 Å². The second-order valence-electron chi connectivity index (χ2n) is 10.2. The number of ether oxygens (including phenoxy) is 2. The molecule has 0 N–H and O–H groups in total. The maximum atomic E-state index is 14.9. The van der Waals surface area contributed by atoms with Crippen molar-refractivity contribution in [1.82, 2.24) is 0 Å². The molecule has 4 aromatic rings. The van der Waals surface area contributed by atoms with Crippen LogP contribution in [0.3, 0.4) is 0 Å². The van der Waals surface area contributed by atoms with E-state index in [9.17, 15) is 22.0 Å². The van der Waals surface area contributed by atoms with E-state index >= 15 is 0 Å². The van der Waals surface area contributed by atoms with Crippen LogP contribution in [-0.2, 0) is 11.3 Å². The minimum atomic E-state index is -1.53. The van der Waals surface area contributed by atoms with Crippen LogP contribution in [0.4, 0.5) is 22.0 Å². The second kappa shape index (κ2) is 12.2. The van der Waals surface area contributed by atoms with Crippen molar-refractivity contribution in [2.75, 3.05) is 6.61 Å². The number of rotatable bonds is 8. The Morgan fingerprint density at radius 3 is 1.77 bits per heavy atom. The number of halogens is 5. The summed E-state index contributed by atoms with van der Waals surface area (Å²) in [6.45, 7) is 2.81. The molecule has 1 aliphatic rings. The van der Waals surface area contributed by atoms with Crippen molar-refractivity contribution in [3.8, 4) is 28.0 Å². The predicted molar refractivity (Wildman–Crippen MR) is 144 cm³/mol. The monoisotopic (exact) mass is 552 g/mol. The Balaban J connectivity index is 1.23. The Hall–Kier alpha value is -3.71. The van der Waals surface area contributed by atoms with Crippen LogP contribution in [-0.4, -0.2) is 6.61 Å². The molecule has 5 rings (SSSR count). The molecule has 0 spiro atoms. The molecule has 7 heteroatoms. The van der Waals surface area contributed by atoms with E-state index in [-0.39, 0.29) is 18.3 Å². The summed E-state index contributed by atoms with van der Waals surface area (Å²) in [5.74, 6) is -5.64. The largest absolute Gasteiger partial charge is 0.483 e. The molecule has 0 aromatic heterocycles. The zero-order valence-corrected chi connectivity index (χ0v) is 22.0. The van der Waals surface area contributed by atoms with E-state index in [0.717, 1.165) is 43.6 Å². The molecule has 40 heavy (non-hydrogen) atoms. The number of hydrogen-bond acceptors (Lipinski definition) is 2. The Kier molecular flexibility index (Phi) is 8.50. The normalized spacial score (nSPS) is 17.1. The first-order valence-corrected chi connectivity index (χ1v) is 13.4. The molecule has 0 bridgehead atoms. The number of benzene rings is 4. The summed E-state index contributed by atoms with van der Waals surface area (Å²) < 4.78 is 81.5. The van der Waals surface area contributed by atoms with Gasteiger partial charge >= 0.3 is 0 Å². The summed E-state index contributed by atoms with van der Waals surface area (Å²) in [7, 11) is 0. The van der Waals surface area contributed by atoms with Gasteiger partial charge in [0.05, 0.1) is 12.7 Å². The molecular weight excluding hydrogens is 523 g/mol. The maximum Gasteiger partial charge on any atom is 0.194 e. The third-order valence-corrected chi connectivity index (χ3v) is 7.34. The van der Waals surface area contributed by atoms with E-state index in [1.165, 1.54) is 18.6 Å². The fourth-order valence-corrected chi connectivity index (χ4v) is 5.13. The van der Waals surface area contributed by atoms with Gasteiger partial charge in [-0.05, 0) is 82.8 Å².